The van der Waals surface area contributed by atoms with E-state index in [1.807, 2.05) is 38.1 Å². The van der Waals surface area contributed by atoms with Crippen molar-refractivity contribution in [2.45, 2.75) is 51.7 Å². The van der Waals surface area contributed by atoms with Gasteiger partial charge in [-0.05, 0) is 57.4 Å². The Hall–Kier alpha value is -1.92. The normalized spacial score (nSPS) is 20.6. The Morgan fingerprint density at radius 1 is 1.25 bits per heavy atom. The van der Waals surface area contributed by atoms with E-state index >= 15 is 0 Å². The minimum atomic E-state index is -0.393. The number of benzene rings is 1. The van der Waals surface area contributed by atoms with Crippen LogP contribution in [0, 0.1) is 13.8 Å². The Labute approximate surface area is 145 Å². The molecule has 2 N–H and O–H groups in total. The predicted molar refractivity (Wildman–Crippen MR) is 94.9 cm³/mol. The molecule has 0 bridgehead atoms. The van der Waals surface area contributed by atoms with Gasteiger partial charge in [0, 0.05) is 5.69 Å². The lowest BCUT2D eigenvalue weighted by molar-refractivity contribution is 0.00688. The molecule has 1 aromatic carbocycles. The Balaban J connectivity index is 1.62. The summed E-state index contributed by atoms with van der Waals surface area (Å²) in [5, 5.41) is 13.7. The quantitative estimate of drug-likeness (QED) is 0.885. The molecular weight excluding hydrogens is 324 g/mol. The fraction of sp³-hybridized carbons (Fsp3) is 0.444. The van der Waals surface area contributed by atoms with Crippen LogP contribution in [-0.4, -0.2) is 28.2 Å². The molecule has 0 radical (unpaired) electrons. The number of anilines is 1. The van der Waals surface area contributed by atoms with Gasteiger partial charge in [-0.3, -0.25) is 4.79 Å². The van der Waals surface area contributed by atoms with Crippen molar-refractivity contribution < 1.29 is 14.6 Å². The maximum absolute atomic E-state index is 12.3. The van der Waals surface area contributed by atoms with Crippen LogP contribution in [0.3, 0.4) is 0 Å². The zero-order valence-electron chi connectivity index (χ0n) is 13.9. The molecule has 1 aliphatic carbocycles. The van der Waals surface area contributed by atoms with Crippen LogP contribution in [0.15, 0.2) is 24.3 Å². The summed E-state index contributed by atoms with van der Waals surface area (Å²) in [6.45, 7) is 3.73. The van der Waals surface area contributed by atoms with Crippen LogP contribution >= 0.6 is 11.3 Å². The third-order valence-corrected chi connectivity index (χ3v) is 5.25. The van der Waals surface area contributed by atoms with E-state index < -0.39 is 6.10 Å². The molecule has 1 saturated carbocycles. The molecule has 1 aromatic heterocycles. The number of nitrogens with one attached hydrogen (secondary N) is 1. The van der Waals surface area contributed by atoms with E-state index in [1.165, 1.54) is 11.3 Å². The van der Waals surface area contributed by atoms with Gasteiger partial charge in [-0.25, -0.2) is 4.98 Å². The standard InChI is InChI=1S/C18H22N2O3S/c1-11-17(24-12(2)19-11)18(22)20-13-7-9-14(10-8-13)23-16-6-4-3-5-15(16)21/h7-10,15-16,21H,3-6H2,1-2H3,(H,20,22). The van der Waals surface area contributed by atoms with E-state index in [4.69, 9.17) is 4.74 Å². The van der Waals surface area contributed by atoms with Crippen molar-refractivity contribution in [2.24, 2.45) is 0 Å². The van der Waals surface area contributed by atoms with E-state index in [2.05, 4.69) is 10.3 Å². The number of carbonyl (C=O) groups excluding carboxylic acids is 1. The van der Waals surface area contributed by atoms with Gasteiger partial charge in [0.05, 0.1) is 16.8 Å². The van der Waals surface area contributed by atoms with Crippen molar-refractivity contribution in [1.82, 2.24) is 4.98 Å². The minimum Gasteiger partial charge on any atom is -0.488 e. The van der Waals surface area contributed by atoms with Crippen LogP contribution in [0.4, 0.5) is 5.69 Å². The molecule has 24 heavy (non-hydrogen) atoms. The maximum atomic E-state index is 12.3. The first-order chi connectivity index (χ1) is 11.5. The average Bonchev–Trinajstić information content (AvgIpc) is 2.90. The number of rotatable bonds is 4. The average molecular weight is 346 g/mol. The topological polar surface area (TPSA) is 71.5 Å². The number of aromatic nitrogens is 1. The van der Waals surface area contributed by atoms with Gasteiger partial charge in [0.15, 0.2) is 0 Å². The second-order valence-electron chi connectivity index (χ2n) is 6.13. The fourth-order valence-electron chi connectivity index (χ4n) is 2.94. The second-order valence-corrected chi connectivity index (χ2v) is 7.34. The highest BCUT2D eigenvalue weighted by Crippen LogP contribution is 2.25. The van der Waals surface area contributed by atoms with Crippen LogP contribution < -0.4 is 10.1 Å². The van der Waals surface area contributed by atoms with Gasteiger partial charge in [0.2, 0.25) is 0 Å². The molecule has 3 rings (SSSR count). The molecule has 1 heterocycles. The monoisotopic (exact) mass is 346 g/mol. The molecule has 1 amide bonds. The molecule has 1 fully saturated rings. The summed E-state index contributed by atoms with van der Waals surface area (Å²) in [4.78, 5) is 17.2. The van der Waals surface area contributed by atoms with Crippen LogP contribution in [0.5, 0.6) is 5.75 Å². The van der Waals surface area contributed by atoms with Crippen molar-refractivity contribution in [3.63, 3.8) is 0 Å². The lowest BCUT2D eigenvalue weighted by atomic mass is 9.95. The number of hydrogen-bond donors (Lipinski definition) is 2. The summed E-state index contributed by atoms with van der Waals surface area (Å²) >= 11 is 1.39. The minimum absolute atomic E-state index is 0.137. The number of aliphatic hydroxyl groups is 1. The van der Waals surface area contributed by atoms with Gasteiger partial charge in [-0.2, -0.15) is 0 Å². The summed E-state index contributed by atoms with van der Waals surface area (Å²) in [6.07, 6.45) is 3.29. The van der Waals surface area contributed by atoms with E-state index in [0.717, 1.165) is 36.4 Å². The summed E-state index contributed by atoms with van der Waals surface area (Å²) in [5.74, 6) is 0.568. The number of aliphatic hydroxyl groups excluding tert-OH is 1. The SMILES string of the molecule is Cc1nc(C)c(C(=O)Nc2ccc(OC3CCCCC3O)cc2)s1. The molecule has 2 atom stereocenters. The molecule has 0 aliphatic heterocycles. The van der Waals surface area contributed by atoms with Crippen LogP contribution in [0.1, 0.15) is 46.1 Å². The largest absolute Gasteiger partial charge is 0.488 e. The third kappa shape index (κ3) is 3.94. The van der Waals surface area contributed by atoms with Gasteiger partial charge < -0.3 is 15.2 Å². The lowest BCUT2D eigenvalue weighted by Gasteiger charge is -2.28. The number of aryl methyl sites for hydroxylation is 2. The van der Waals surface area contributed by atoms with Crippen LogP contribution in [0.2, 0.25) is 0 Å². The Morgan fingerprint density at radius 3 is 2.58 bits per heavy atom. The summed E-state index contributed by atoms with van der Waals surface area (Å²) in [6, 6.07) is 7.26. The highest BCUT2D eigenvalue weighted by Gasteiger charge is 2.24. The number of hydrogen-bond acceptors (Lipinski definition) is 5. The Morgan fingerprint density at radius 2 is 1.96 bits per heavy atom. The number of nitrogens with zero attached hydrogens (tertiary/aromatic N) is 1. The lowest BCUT2D eigenvalue weighted by Crippen LogP contribution is -2.34. The van der Waals surface area contributed by atoms with Crippen molar-refractivity contribution in [3.05, 3.63) is 39.8 Å². The number of amides is 1. The second kappa shape index (κ2) is 7.32. The molecular formula is C18H22N2O3S. The van der Waals surface area contributed by atoms with E-state index in [9.17, 15) is 9.90 Å². The predicted octanol–water partition coefficient (Wildman–Crippen LogP) is 3.69. The van der Waals surface area contributed by atoms with Gasteiger partial charge in [0.1, 0.15) is 16.7 Å². The highest BCUT2D eigenvalue weighted by atomic mass is 32.1. The number of thiazole rings is 1. The van der Waals surface area contributed by atoms with E-state index in [1.54, 1.807) is 0 Å². The van der Waals surface area contributed by atoms with Crippen molar-refractivity contribution in [1.29, 1.82) is 0 Å². The van der Waals surface area contributed by atoms with Crippen molar-refractivity contribution in [3.8, 4) is 5.75 Å². The molecule has 2 unspecified atom stereocenters. The summed E-state index contributed by atoms with van der Waals surface area (Å²) in [5.41, 5.74) is 1.46. The van der Waals surface area contributed by atoms with Crippen molar-refractivity contribution in [2.75, 3.05) is 5.32 Å². The van der Waals surface area contributed by atoms with Gasteiger partial charge in [0.25, 0.3) is 5.91 Å². The maximum Gasteiger partial charge on any atom is 0.267 e. The molecule has 0 spiro atoms. The first-order valence-corrected chi connectivity index (χ1v) is 9.05. The molecule has 128 valence electrons. The molecule has 5 nitrogen and oxygen atoms in total. The zero-order chi connectivity index (χ0) is 17.1. The Bertz CT molecular complexity index is 712. The first-order valence-electron chi connectivity index (χ1n) is 8.23. The molecule has 0 saturated heterocycles. The van der Waals surface area contributed by atoms with Gasteiger partial charge in [-0.15, -0.1) is 11.3 Å². The first kappa shape index (κ1) is 16.9. The molecule has 6 heteroatoms. The van der Waals surface area contributed by atoms with Gasteiger partial charge in [-0.1, -0.05) is 6.42 Å². The summed E-state index contributed by atoms with van der Waals surface area (Å²) < 4.78 is 5.86. The van der Waals surface area contributed by atoms with Crippen molar-refractivity contribution >= 4 is 22.9 Å². The number of ether oxygens (including phenoxy) is 1. The zero-order valence-corrected chi connectivity index (χ0v) is 14.7. The van der Waals surface area contributed by atoms with Crippen LogP contribution in [-0.2, 0) is 0 Å². The highest BCUT2D eigenvalue weighted by molar-refractivity contribution is 7.13. The van der Waals surface area contributed by atoms with Crippen LogP contribution in [0.25, 0.3) is 0 Å². The number of carbonyl (C=O) groups is 1. The molecule has 1 aliphatic rings. The third-order valence-electron chi connectivity index (χ3n) is 4.18. The molecule has 2 aromatic rings. The Kier molecular flexibility index (Phi) is 5.16. The summed E-state index contributed by atoms with van der Waals surface area (Å²) in [7, 11) is 0. The fourth-order valence-corrected chi connectivity index (χ4v) is 3.75. The van der Waals surface area contributed by atoms with Gasteiger partial charge >= 0.3 is 0 Å². The van der Waals surface area contributed by atoms with E-state index in [-0.39, 0.29) is 12.0 Å². The smallest absolute Gasteiger partial charge is 0.267 e. The van der Waals surface area contributed by atoms with E-state index in [0.29, 0.717) is 16.3 Å².